The van der Waals surface area contributed by atoms with Crippen LogP contribution in [0.15, 0.2) is 30.5 Å². The Morgan fingerprint density at radius 2 is 2.18 bits per heavy atom. The van der Waals surface area contributed by atoms with E-state index in [-0.39, 0.29) is 24.3 Å². The third-order valence-electron chi connectivity index (χ3n) is 4.22. The molecule has 0 radical (unpaired) electrons. The van der Waals surface area contributed by atoms with Crippen molar-refractivity contribution in [3.05, 3.63) is 36.0 Å². The molecule has 0 saturated carbocycles. The van der Waals surface area contributed by atoms with Crippen LogP contribution in [0, 0.1) is 0 Å². The van der Waals surface area contributed by atoms with E-state index in [1.807, 2.05) is 30.5 Å². The van der Waals surface area contributed by atoms with Crippen LogP contribution < -0.4 is 11.1 Å². The average Bonchev–Trinajstić information content (AvgIpc) is 3.11. The van der Waals surface area contributed by atoms with Crippen LogP contribution in [-0.4, -0.2) is 47.4 Å². The molecule has 2 atom stereocenters. The number of nitrogens with one attached hydrogen (secondary N) is 2. The fourth-order valence-electron chi connectivity index (χ4n) is 3.10. The Hall–Kier alpha value is -2.34. The molecule has 3 rings (SSSR count). The number of para-hydroxylation sites is 1. The van der Waals surface area contributed by atoms with Crippen LogP contribution in [0.4, 0.5) is 0 Å². The van der Waals surface area contributed by atoms with Gasteiger partial charge in [0.2, 0.25) is 11.8 Å². The van der Waals surface area contributed by atoms with Gasteiger partial charge in [0.25, 0.3) is 0 Å². The van der Waals surface area contributed by atoms with Crippen molar-refractivity contribution in [2.75, 3.05) is 13.6 Å². The number of nitrogens with zero attached hydrogens (tertiary/aromatic N) is 1. The Morgan fingerprint density at radius 1 is 1.41 bits per heavy atom. The molecular formula is C16H20N4O2. The zero-order valence-electron chi connectivity index (χ0n) is 12.5. The predicted molar refractivity (Wildman–Crippen MR) is 84.2 cm³/mol. The summed E-state index contributed by atoms with van der Waals surface area (Å²) < 4.78 is 0. The standard InChI is InChI=1S/C16H20N4O2/c1-18-16(22)14-7-11(17)9-20(14)15(21)6-10-8-19-13-5-3-2-4-12(10)13/h2-5,8,11,14,19H,6-7,9,17H2,1H3,(H,18,22)/t11-,14+/m1/s1. The van der Waals surface area contributed by atoms with Gasteiger partial charge in [-0.3, -0.25) is 9.59 Å². The number of carbonyl (C=O) groups is 2. The first-order chi connectivity index (χ1) is 10.6. The van der Waals surface area contributed by atoms with Gasteiger partial charge in [-0.2, -0.15) is 0 Å². The maximum atomic E-state index is 12.6. The highest BCUT2D eigenvalue weighted by atomic mass is 16.2. The number of likely N-dealkylation sites (tertiary alicyclic amines) is 1. The summed E-state index contributed by atoms with van der Waals surface area (Å²) in [5, 5.41) is 3.64. The van der Waals surface area contributed by atoms with E-state index in [0.717, 1.165) is 16.5 Å². The second-order valence-electron chi connectivity index (χ2n) is 5.71. The molecule has 0 aliphatic carbocycles. The maximum Gasteiger partial charge on any atom is 0.242 e. The van der Waals surface area contributed by atoms with Gasteiger partial charge in [0, 0.05) is 36.7 Å². The summed E-state index contributed by atoms with van der Waals surface area (Å²) in [6.07, 6.45) is 2.64. The van der Waals surface area contributed by atoms with E-state index in [1.165, 1.54) is 0 Å². The largest absolute Gasteiger partial charge is 0.361 e. The number of fused-ring (bicyclic) bond motifs is 1. The zero-order chi connectivity index (χ0) is 15.7. The van der Waals surface area contributed by atoms with Crippen molar-refractivity contribution in [3.63, 3.8) is 0 Å². The topological polar surface area (TPSA) is 91.2 Å². The number of carbonyl (C=O) groups excluding carboxylic acids is 2. The van der Waals surface area contributed by atoms with E-state index in [1.54, 1.807) is 11.9 Å². The van der Waals surface area contributed by atoms with E-state index < -0.39 is 6.04 Å². The van der Waals surface area contributed by atoms with Crippen LogP contribution in [-0.2, 0) is 16.0 Å². The molecule has 116 valence electrons. The number of hydrogen-bond acceptors (Lipinski definition) is 3. The molecule has 1 aliphatic heterocycles. The fourth-order valence-corrected chi connectivity index (χ4v) is 3.10. The fraction of sp³-hybridized carbons (Fsp3) is 0.375. The van der Waals surface area contributed by atoms with Gasteiger partial charge in [-0.25, -0.2) is 0 Å². The van der Waals surface area contributed by atoms with E-state index in [0.29, 0.717) is 13.0 Å². The summed E-state index contributed by atoms with van der Waals surface area (Å²) in [7, 11) is 1.58. The van der Waals surface area contributed by atoms with Gasteiger partial charge in [-0.15, -0.1) is 0 Å². The van der Waals surface area contributed by atoms with Gasteiger partial charge in [0.05, 0.1) is 6.42 Å². The minimum absolute atomic E-state index is 0.0636. The molecule has 0 spiro atoms. The van der Waals surface area contributed by atoms with E-state index in [9.17, 15) is 9.59 Å². The summed E-state index contributed by atoms with van der Waals surface area (Å²) in [6, 6.07) is 7.25. The van der Waals surface area contributed by atoms with E-state index >= 15 is 0 Å². The van der Waals surface area contributed by atoms with Gasteiger partial charge < -0.3 is 20.9 Å². The molecule has 4 N–H and O–H groups in total. The Morgan fingerprint density at radius 3 is 2.95 bits per heavy atom. The van der Waals surface area contributed by atoms with Crippen molar-refractivity contribution in [1.82, 2.24) is 15.2 Å². The molecule has 1 saturated heterocycles. The molecule has 6 nitrogen and oxygen atoms in total. The van der Waals surface area contributed by atoms with Crippen LogP contribution in [0.5, 0.6) is 0 Å². The van der Waals surface area contributed by atoms with Crippen molar-refractivity contribution in [1.29, 1.82) is 0 Å². The number of H-pyrrole nitrogens is 1. The van der Waals surface area contributed by atoms with Crippen LogP contribution in [0.2, 0.25) is 0 Å². The monoisotopic (exact) mass is 300 g/mol. The number of nitrogens with two attached hydrogens (primary N) is 1. The number of rotatable bonds is 3. The number of benzene rings is 1. The Balaban J connectivity index is 1.80. The van der Waals surface area contributed by atoms with Crippen LogP contribution in [0.25, 0.3) is 10.9 Å². The van der Waals surface area contributed by atoms with Crippen LogP contribution >= 0.6 is 0 Å². The molecule has 0 unspecified atom stereocenters. The SMILES string of the molecule is CNC(=O)[C@@H]1C[C@@H](N)CN1C(=O)Cc1c[nH]c2ccccc12. The third-order valence-corrected chi connectivity index (χ3v) is 4.22. The molecule has 22 heavy (non-hydrogen) atoms. The van der Waals surface area contributed by atoms with Crippen LogP contribution in [0.3, 0.4) is 0 Å². The lowest BCUT2D eigenvalue weighted by Gasteiger charge is -2.23. The molecular weight excluding hydrogens is 280 g/mol. The molecule has 2 heterocycles. The summed E-state index contributed by atoms with van der Waals surface area (Å²) in [4.78, 5) is 29.3. The molecule has 0 bridgehead atoms. The molecule has 2 amide bonds. The Kier molecular flexibility index (Phi) is 3.85. The van der Waals surface area contributed by atoms with Crippen molar-refractivity contribution >= 4 is 22.7 Å². The maximum absolute atomic E-state index is 12.6. The lowest BCUT2D eigenvalue weighted by atomic mass is 10.1. The number of aromatic amines is 1. The zero-order valence-corrected chi connectivity index (χ0v) is 12.5. The Labute approximate surface area is 128 Å². The third kappa shape index (κ3) is 2.57. The van der Waals surface area contributed by atoms with Crippen molar-refractivity contribution < 1.29 is 9.59 Å². The lowest BCUT2D eigenvalue weighted by Crippen LogP contribution is -2.45. The smallest absolute Gasteiger partial charge is 0.242 e. The number of amides is 2. The number of hydrogen-bond donors (Lipinski definition) is 3. The first-order valence-corrected chi connectivity index (χ1v) is 7.41. The second kappa shape index (κ2) is 5.81. The minimum atomic E-state index is -0.460. The van der Waals surface area contributed by atoms with Crippen molar-refractivity contribution in [2.45, 2.75) is 24.9 Å². The summed E-state index contributed by atoms with van der Waals surface area (Å²) in [5.41, 5.74) is 7.88. The first-order valence-electron chi connectivity index (χ1n) is 7.41. The number of likely N-dealkylation sites (N-methyl/N-ethyl adjacent to an activating group) is 1. The molecule has 1 fully saturated rings. The molecule has 1 aromatic heterocycles. The lowest BCUT2D eigenvalue weighted by molar-refractivity contribution is -0.137. The van der Waals surface area contributed by atoms with Gasteiger partial charge in [0.15, 0.2) is 0 Å². The van der Waals surface area contributed by atoms with Gasteiger partial charge in [-0.1, -0.05) is 18.2 Å². The first kappa shape index (κ1) is 14.6. The molecule has 1 aromatic carbocycles. The summed E-state index contributed by atoms with van der Waals surface area (Å²) in [6.45, 7) is 0.430. The van der Waals surface area contributed by atoms with Gasteiger partial charge in [-0.05, 0) is 18.1 Å². The molecule has 2 aromatic rings. The van der Waals surface area contributed by atoms with Crippen molar-refractivity contribution in [2.24, 2.45) is 5.73 Å². The highest BCUT2D eigenvalue weighted by Crippen LogP contribution is 2.22. The molecule has 1 aliphatic rings. The Bertz CT molecular complexity index is 709. The highest BCUT2D eigenvalue weighted by Gasteiger charge is 2.37. The average molecular weight is 300 g/mol. The van der Waals surface area contributed by atoms with E-state index in [4.69, 9.17) is 5.73 Å². The summed E-state index contributed by atoms with van der Waals surface area (Å²) in [5.74, 6) is -0.216. The van der Waals surface area contributed by atoms with Gasteiger partial charge in [0.1, 0.15) is 6.04 Å². The quantitative estimate of drug-likeness (QED) is 0.765. The van der Waals surface area contributed by atoms with E-state index in [2.05, 4.69) is 10.3 Å². The second-order valence-corrected chi connectivity index (χ2v) is 5.71. The number of aromatic nitrogens is 1. The predicted octanol–water partition coefficient (Wildman–Crippen LogP) is 0.385. The van der Waals surface area contributed by atoms with Crippen molar-refractivity contribution in [3.8, 4) is 0 Å². The van der Waals surface area contributed by atoms with Gasteiger partial charge >= 0.3 is 0 Å². The highest BCUT2D eigenvalue weighted by molar-refractivity contribution is 5.92. The molecule has 6 heteroatoms. The van der Waals surface area contributed by atoms with Crippen LogP contribution in [0.1, 0.15) is 12.0 Å². The normalized spacial score (nSPS) is 21.3. The minimum Gasteiger partial charge on any atom is -0.361 e. The summed E-state index contributed by atoms with van der Waals surface area (Å²) >= 11 is 0.